The van der Waals surface area contributed by atoms with Gasteiger partial charge in [-0.15, -0.1) is 0 Å². The fourth-order valence-corrected chi connectivity index (χ4v) is 4.08. The van der Waals surface area contributed by atoms with Gasteiger partial charge in [0.25, 0.3) is 5.91 Å². The van der Waals surface area contributed by atoms with Gasteiger partial charge in [-0.3, -0.25) is 4.79 Å². The zero-order valence-corrected chi connectivity index (χ0v) is 15.9. The monoisotopic (exact) mass is 378 g/mol. The lowest BCUT2D eigenvalue weighted by Crippen LogP contribution is -2.44. The first-order chi connectivity index (χ1) is 13.6. The first kappa shape index (κ1) is 17.0. The molecule has 0 aliphatic carbocycles. The molecule has 8 nitrogen and oxygen atoms in total. The van der Waals surface area contributed by atoms with Crippen LogP contribution in [0, 0.1) is 6.92 Å². The third kappa shape index (κ3) is 2.60. The standard InChI is InChI=1S/C20H22N6O2/c1-12-17(19(27)25-7-9-28-10-8-25)18(26-20(22-12)23-13(2)24-26)15-11-21-16-6-4-3-5-14(15)16/h3-6,11,18,21H,7-10H2,1-2H3,(H,22,23,24)/t18-/m0/s1. The van der Waals surface area contributed by atoms with Gasteiger partial charge in [-0.1, -0.05) is 18.2 Å². The van der Waals surface area contributed by atoms with Gasteiger partial charge in [0.2, 0.25) is 5.95 Å². The Morgan fingerprint density at radius 2 is 2.00 bits per heavy atom. The second-order valence-corrected chi connectivity index (χ2v) is 7.19. The summed E-state index contributed by atoms with van der Waals surface area (Å²) >= 11 is 0. The van der Waals surface area contributed by atoms with Gasteiger partial charge < -0.3 is 19.9 Å². The Bertz CT molecular complexity index is 1090. The fourth-order valence-electron chi connectivity index (χ4n) is 4.08. The number of aromatic amines is 1. The van der Waals surface area contributed by atoms with E-state index in [0.29, 0.717) is 43.6 Å². The zero-order valence-electron chi connectivity index (χ0n) is 15.9. The van der Waals surface area contributed by atoms with Crippen LogP contribution in [0.15, 0.2) is 41.7 Å². The number of ether oxygens (including phenoxy) is 1. The SMILES string of the molecule is CC1=C(C(=O)N2CCOCC2)[C@H](c2c[nH]c3ccccc23)n2nc(C)nc2N1. The molecule has 1 fully saturated rings. The minimum atomic E-state index is -0.344. The van der Waals surface area contributed by atoms with Crippen molar-refractivity contribution in [1.29, 1.82) is 0 Å². The molecule has 0 radical (unpaired) electrons. The van der Waals surface area contributed by atoms with Crippen molar-refractivity contribution in [3.05, 3.63) is 53.1 Å². The molecule has 1 saturated heterocycles. The van der Waals surface area contributed by atoms with Gasteiger partial charge >= 0.3 is 0 Å². The van der Waals surface area contributed by atoms with Crippen LogP contribution in [0.2, 0.25) is 0 Å². The molecule has 2 N–H and O–H groups in total. The average molecular weight is 378 g/mol. The molecule has 144 valence electrons. The van der Waals surface area contributed by atoms with Crippen LogP contribution in [0.1, 0.15) is 24.4 Å². The summed E-state index contributed by atoms with van der Waals surface area (Å²) in [5.74, 6) is 1.34. The van der Waals surface area contributed by atoms with Crippen LogP contribution in [0.5, 0.6) is 0 Å². The predicted octanol–water partition coefficient (Wildman–Crippen LogP) is 2.22. The fraction of sp³-hybridized carbons (Fsp3) is 0.350. The first-order valence-electron chi connectivity index (χ1n) is 9.47. The summed E-state index contributed by atoms with van der Waals surface area (Å²) in [6.45, 7) is 6.12. The number of allylic oxidation sites excluding steroid dienone is 1. The molecular weight excluding hydrogens is 356 g/mol. The minimum Gasteiger partial charge on any atom is -0.378 e. The molecule has 1 atom stereocenters. The Balaban J connectivity index is 1.68. The van der Waals surface area contributed by atoms with Gasteiger partial charge in [0.1, 0.15) is 11.9 Å². The molecule has 3 aromatic rings. The topological polar surface area (TPSA) is 88.1 Å². The average Bonchev–Trinajstić information content (AvgIpc) is 3.30. The lowest BCUT2D eigenvalue weighted by molar-refractivity contribution is -0.131. The number of carbonyl (C=O) groups excluding carboxylic acids is 1. The summed E-state index contributed by atoms with van der Waals surface area (Å²) in [6.07, 6.45) is 1.97. The molecule has 0 bridgehead atoms. The van der Waals surface area contributed by atoms with E-state index in [9.17, 15) is 4.79 Å². The first-order valence-corrected chi connectivity index (χ1v) is 9.47. The molecule has 2 aliphatic rings. The number of H-pyrrole nitrogens is 1. The van der Waals surface area contributed by atoms with E-state index < -0.39 is 0 Å². The maximum Gasteiger partial charge on any atom is 0.254 e. The molecule has 8 heteroatoms. The van der Waals surface area contributed by atoms with Gasteiger partial charge in [0.15, 0.2) is 0 Å². The summed E-state index contributed by atoms with van der Waals surface area (Å²) in [4.78, 5) is 23.2. The molecule has 28 heavy (non-hydrogen) atoms. The van der Waals surface area contributed by atoms with Crippen molar-refractivity contribution in [1.82, 2.24) is 24.6 Å². The quantitative estimate of drug-likeness (QED) is 0.714. The lowest BCUT2D eigenvalue weighted by Gasteiger charge is -2.33. The van der Waals surface area contributed by atoms with Crippen molar-refractivity contribution in [2.75, 3.05) is 31.6 Å². The Morgan fingerprint density at radius 3 is 2.82 bits per heavy atom. The van der Waals surface area contributed by atoms with E-state index in [1.165, 1.54) is 0 Å². The molecule has 0 saturated carbocycles. The smallest absolute Gasteiger partial charge is 0.254 e. The van der Waals surface area contributed by atoms with Crippen LogP contribution < -0.4 is 5.32 Å². The highest BCUT2D eigenvalue weighted by Gasteiger charge is 2.37. The van der Waals surface area contributed by atoms with Gasteiger partial charge in [0, 0.05) is 41.4 Å². The molecule has 0 spiro atoms. The summed E-state index contributed by atoms with van der Waals surface area (Å²) < 4.78 is 7.25. The van der Waals surface area contributed by atoms with E-state index in [-0.39, 0.29) is 11.9 Å². The highest BCUT2D eigenvalue weighted by Crippen LogP contribution is 2.38. The van der Waals surface area contributed by atoms with Gasteiger partial charge in [-0.2, -0.15) is 10.1 Å². The second kappa shape index (κ2) is 6.49. The molecule has 4 heterocycles. The van der Waals surface area contributed by atoms with Crippen LogP contribution in [0.3, 0.4) is 0 Å². The van der Waals surface area contributed by atoms with Crippen LogP contribution in [0.25, 0.3) is 10.9 Å². The summed E-state index contributed by atoms with van der Waals surface area (Å²) in [5.41, 5.74) is 3.56. The van der Waals surface area contributed by atoms with Crippen molar-refractivity contribution in [2.45, 2.75) is 19.9 Å². The molecule has 1 aromatic carbocycles. The number of aromatic nitrogens is 4. The number of rotatable bonds is 2. The molecule has 5 rings (SSSR count). The van der Waals surface area contributed by atoms with Gasteiger partial charge in [-0.25, -0.2) is 4.68 Å². The van der Waals surface area contributed by atoms with Crippen molar-refractivity contribution in [3.63, 3.8) is 0 Å². The number of aryl methyl sites for hydroxylation is 1. The molecule has 0 unspecified atom stereocenters. The number of benzene rings is 1. The zero-order chi connectivity index (χ0) is 19.3. The Labute approximate surface area is 162 Å². The largest absolute Gasteiger partial charge is 0.378 e. The number of amides is 1. The summed E-state index contributed by atoms with van der Waals surface area (Å²) in [6, 6.07) is 7.77. The number of nitrogens with zero attached hydrogens (tertiary/aromatic N) is 4. The number of para-hydroxylation sites is 1. The van der Waals surface area contributed by atoms with Crippen LogP contribution >= 0.6 is 0 Å². The maximum atomic E-state index is 13.5. The lowest BCUT2D eigenvalue weighted by atomic mass is 9.94. The number of hydrogen-bond donors (Lipinski definition) is 2. The maximum absolute atomic E-state index is 13.5. The number of anilines is 1. The molecule has 2 aliphatic heterocycles. The second-order valence-electron chi connectivity index (χ2n) is 7.19. The van der Waals surface area contributed by atoms with E-state index in [4.69, 9.17) is 4.74 Å². The van der Waals surface area contributed by atoms with E-state index in [2.05, 4.69) is 26.4 Å². The van der Waals surface area contributed by atoms with E-state index in [1.807, 2.05) is 47.8 Å². The summed E-state index contributed by atoms with van der Waals surface area (Å²) in [5, 5.41) is 8.96. The van der Waals surface area contributed by atoms with Crippen molar-refractivity contribution in [3.8, 4) is 0 Å². The van der Waals surface area contributed by atoms with Crippen molar-refractivity contribution in [2.24, 2.45) is 0 Å². The summed E-state index contributed by atoms with van der Waals surface area (Å²) in [7, 11) is 0. The Morgan fingerprint density at radius 1 is 1.21 bits per heavy atom. The van der Waals surface area contributed by atoms with Crippen LogP contribution in [-0.4, -0.2) is 56.9 Å². The van der Waals surface area contributed by atoms with E-state index >= 15 is 0 Å². The number of nitrogens with one attached hydrogen (secondary N) is 2. The van der Waals surface area contributed by atoms with Gasteiger partial charge in [-0.05, 0) is 19.9 Å². The van der Waals surface area contributed by atoms with Crippen molar-refractivity contribution >= 4 is 22.8 Å². The predicted molar refractivity (Wildman–Crippen MR) is 105 cm³/mol. The third-order valence-corrected chi connectivity index (χ3v) is 5.40. The number of carbonyl (C=O) groups is 1. The van der Waals surface area contributed by atoms with E-state index in [0.717, 1.165) is 22.2 Å². The third-order valence-electron chi connectivity index (χ3n) is 5.40. The Hall–Kier alpha value is -3.13. The molecular formula is C20H22N6O2. The normalized spacial score (nSPS) is 19.6. The number of fused-ring (bicyclic) bond motifs is 2. The molecule has 1 amide bonds. The van der Waals surface area contributed by atoms with Crippen molar-refractivity contribution < 1.29 is 9.53 Å². The molecule has 2 aromatic heterocycles. The van der Waals surface area contributed by atoms with Crippen LogP contribution in [0.4, 0.5) is 5.95 Å². The number of hydrogen-bond acceptors (Lipinski definition) is 5. The number of morpholine rings is 1. The highest BCUT2D eigenvalue weighted by atomic mass is 16.5. The van der Waals surface area contributed by atoms with E-state index in [1.54, 1.807) is 0 Å². The Kier molecular flexibility index (Phi) is 3.94. The highest BCUT2D eigenvalue weighted by molar-refractivity contribution is 5.98. The van der Waals surface area contributed by atoms with Crippen LogP contribution in [-0.2, 0) is 9.53 Å². The minimum absolute atomic E-state index is 0.0161. The van der Waals surface area contributed by atoms with Gasteiger partial charge in [0.05, 0.1) is 18.8 Å².